The van der Waals surface area contributed by atoms with Gasteiger partial charge in [0, 0.05) is 19.4 Å². The van der Waals surface area contributed by atoms with Crippen molar-refractivity contribution >= 4 is 19.8 Å². The maximum Gasteiger partial charge on any atom is 0.472 e. The minimum Gasteiger partial charge on any atom is -0.462 e. The SMILES string of the molecule is CCCCCCCCCCCCCCCCCCCCCCCCCCCCCCCCCCCC(=O)OC(COC(=O)CCCCCCCCCCCCCCCCCCCCCCCCCCCCCCC)COP(=O)(O)OCCN. The molecule has 0 fully saturated rings. The number of nitrogens with two attached hydrogens (primary N) is 1. The molecule has 0 radical (unpaired) electrons. The molecule has 9 nitrogen and oxygen atoms in total. The quantitative estimate of drug-likeness (QED) is 0.0347. The zero-order valence-electron chi connectivity index (χ0n) is 56.0. The van der Waals surface area contributed by atoms with Crippen LogP contribution < -0.4 is 5.73 Å². The van der Waals surface area contributed by atoms with Gasteiger partial charge in [-0.05, 0) is 12.8 Å². The molecule has 3 N–H and O–H groups in total. The van der Waals surface area contributed by atoms with Gasteiger partial charge in [0.15, 0.2) is 6.10 Å². The van der Waals surface area contributed by atoms with Gasteiger partial charge in [0.25, 0.3) is 0 Å². The molecule has 0 aromatic rings. The van der Waals surface area contributed by atoms with Gasteiger partial charge in [-0.25, -0.2) is 4.57 Å². The third kappa shape index (κ3) is 70.0. The molecule has 0 amide bonds. The number of phosphoric ester groups is 1. The zero-order chi connectivity index (χ0) is 60.1. The second kappa shape index (κ2) is 70.1. The van der Waals surface area contributed by atoms with Gasteiger partial charge in [0.2, 0.25) is 0 Å². The number of carbonyl (C=O) groups excluding carboxylic acids is 2. The Morgan fingerprint density at radius 2 is 0.518 bits per heavy atom. The molecule has 0 aliphatic heterocycles. The van der Waals surface area contributed by atoms with E-state index in [1.807, 2.05) is 0 Å². The summed E-state index contributed by atoms with van der Waals surface area (Å²) in [4.78, 5) is 35.4. The maximum absolute atomic E-state index is 12.8. The smallest absolute Gasteiger partial charge is 0.462 e. The van der Waals surface area contributed by atoms with Crippen LogP contribution in [0, 0.1) is 0 Å². The van der Waals surface area contributed by atoms with Crippen molar-refractivity contribution < 1.29 is 37.6 Å². The Balaban J connectivity index is 3.76. The van der Waals surface area contributed by atoms with Crippen molar-refractivity contribution in [3.63, 3.8) is 0 Å². The molecule has 0 rings (SSSR count). The molecule has 0 spiro atoms. The minimum atomic E-state index is -4.39. The molecule has 0 aromatic heterocycles. The molecular formula is C73H146NO8P. The molecule has 2 atom stereocenters. The first-order valence-electron chi connectivity index (χ1n) is 37.5. The summed E-state index contributed by atoms with van der Waals surface area (Å²) in [5.41, 5.74) is 5.41. The summed E-state index contributed by atoms with van der Waals surface area (Å²) >= 11 is 0. The third-order valence-electron chi connectivity index (χ3n) is 17.5. The Labute approximate surface area is 517 Å². The van der Waals surface area contributed by atoms with Crippen LogP contribution in [0.2, 0.25) is 0 Å². The molecule has 0 saturated heterocycles. The van der Waals surface area contributed by atoms with E-state index in [4.69, 9.17) is 24.3 Å². The maximum atomic E-state index is 12.8. The fourth-order valence-corrected chi connectivity index (χ4v) is 12.7. The van der Waals surface area contributed by atoms with Crippen molar-refractivity contribution in [2.45, 2.75) is 431 Å². The fraction of sp³-hybridized carbons (Fsp3) is 0.973. The van der Waals surface area contributed by atoms with Crippen molar-refractivity contribution in [1.82, 2.24) is 0 Å². The topological polar surface area (TPSA) is 134 Å². The largest absolute Gasteiger partial charge is 0.472 e. The second-order valence-electron chi connectivity index (χ2n) is 25.9. The van der Waals surface area contributed by atoms with Crippen LogP contribution in [0.3, 0.4) is 0 Å². The van der Waals surface area contributed by atoms with E-state index in [0.717, 1.165) is 32.1 Å². The number of unbranched alkanes of at least 4 members (excludes halogenated alkanes) is 60. The highest BCUT2D eigenvalue weighted by molar-refractivity contribution is 7.47. The van der Waals surface area contributed by atoms with Crippen LogP contribution in [0.15, 0.2) is 0 Å². The highest BCUT2D eigenvalue weighted by atomic mass is 31.2. The van der Waals surface area contributed by atoms with Crippen LogP contribution in [0.25, 0.3) is 0 Å². The number of hydrogen-bond acceptors (Lipinski definition) is 8. The predicted octanol–water partition coefficient (Wildman–Crippen LogP) is 24.5. The van der Waals surface area contributed by atoms with Gasteiger partial charge in [0.05, 0.1) is 13.2 Å². The first-order chi connectivity index (χ1) is 40.8. The molecule has 0 aromatic carbocycles. The molecule has 2 unspecified atom stereocenters. The third-order valence-corrected chi connectivity index (χ3v) is 18.5. The fourth-order valence-electron chi connectivity index (χ4n) is 11.9. The molecule has 0 aliphatic rings. The summed E-state index contributed by atoms with van der Waals surface area (Å²) in [5.74, 6) is -0.795. The Morgan fingerprint density at radius 3 is 0.735 bits per heavy atom. The molecule has 0 saturated carbocycles. The van der Waals surface area contributed by atoms with Crippen LogP contribution in [0.1, 0.15) is 425 Å². The molecule has 496 valence electrons. The highest BCUT2D eigenvalue weighted by Gasteiger charge is 2.26. The Hall–Kier alpha value is -0.990. The van der Waals surface area contributed by atoms with Gasteiger partial charge in [-0.3, -0.25) is 18.6 Å². The number of carbonyl (C=O) groups is 2. The summed E-state index contributed by atoms with van der Waals surface area (Å²) in [6.45, 7) is 3.85. The lowest BCUT2D eigenvalue weighted by atomic mass is 10.0. The Morgan fingerprint density at radius 1 is 0.313 bits per heavy atom. The number of rotatable bonds is 73. The standard InChI is InChI=1S/C73H146NO8P/c1-3-5-7-9-11-13-15-17-19-21-23-25-27-29-31-33-34-35-36-38-40-42-44-46-48-50-52-54-56-58-60-62-64-66-73(76)82-71(70-81-83(77,78)80-68-67-74)69-79-72(75)65-63-61-59-57-55-53-51-49-47-45-43-41-39-37-32-30-28-26-24-22-20-18-16-14-12-10-8-6-4-2/h71H,3-70,74H2,1-2H3,(H,77,78). The van der Waals surface area contributed by atoms with Gasteiger partial charge >= 0.3 is 19.8 Å². The van der Waals surface area contributed by atoms with Crippen LogP contribution >= 0.6 is 7.82 Å². The summed E-state index contributed by atoms with van der Waals surface area (Å²) in [5, 5.41) is 0. The van der Waals surface area contributed by atoms with E-state index in [2.05, 4.69) is 13.8 Å². The molecule has 0 aliphatic carbocycles. The van der Waals surface area contributed by atoms with Gasteiger partial charge in [-0.2, -0.15) is 0 Å². The lowest BCUT2D eigenvalue weighted by Gasteiger charge is -2.19. The minimum absolute atomic E-state index is 0.0589. The average Bonchev–Trinajstić information content (AvgIpc) is 3.49. The lowest BCUT2D eigenvalue weighted by molar-refractivity contribution is -0.161. The highest BCUT2D eigenvalue weighted by Crippen LogP contribution is 2.43. The van der Waals surface area contributed by atoms with Crippen molar-refractivity contribution in [2.75, 3.05) is 26.4 Å². The number of hydrogen-bond donors (Lipinski definition) is 2. The monoisotopic (exact) mass is 1200 g/mol. The summed E-state index contributed by atoms with van der Waals surface area (Å²) in [6.07, 6.45) is 83.8. The number of esters is 2. The number of ether oxygens (including phenoxy) is 2. The lowest BCUT2D eigenvalue weighted by Crippen LogP contribution is -2.29. The normalized spacial score (nSPS) is 12.8. The van der Waals surface area contributed by atoms with E-state index >= 15 is 0 Å². The average molecular weight is 1200 g/mol. The van der Waals surface area contributed by atoms with Gasteiger partial charge in [-0.15, -0.1) is 0 Å². The zero-order valence-corrected chi connectivity index (χ0v) is 56.9. The summed E-state index contributed by atoms with van der Waals surface area (Å²) < 4.78 is 33.2. The Kier molecular flexibility index (Phi) is 69.3. The van der Waals surface area contributed by atoms with E-state index in [9.17, 15) is 19.0 Å². The summed E-state index contributed by atoms with van der Waals surface area (Å²) in [6, 6.07) is 0. The second-order valence-corrected chi connectivity index (χ2v) is 27.3. The van der Waals surface area contributed by atoms with Gasteiger partial charge < -0.3 is 20.1 Å². The molecule has 0 heterocycles. The van der Waals surface area contributed by atoms with E-state index in [0.29, 0.717) is 12.8 Å². The molecule has 83 heavy (non-hydrogen) atoms. The number of phosphoric acid groups is 1. The van der Waals surface area contributed by atoms with Crippen LogP contribution in [-0.4, -0.2) is 49.3 Å². The molecular weight excluding hydrogens is 1050 g/mol. The van der Waals surface area contributed by atoms with Crippen LogP contribution in [-0.2, 0) is 32.7 Å². The van der Waals surface area contributed by atoms with Crippen molar-refractivity contribution in [2.24, 2.45) is 5.73 Å². The summed E-state index contributed by atoms with van der Waals surface area (Å²) in [7, 11) is -4.39. The molecule has 0 bridgehead atoms. The van der Waals surface area contributed by atoms with Crippen LogP contribution in [0.4, 0.5) is 0 Å². The van der Waals surface area contributed by atoms with E-state index in [1.54, 1.807) is 0 Å². The van der Waals surface area contributed by atoms with E-state index in [-0.39, 0.29) is 32.1 Å². The van der Waals surface area contributed by atoms with Crippen molar-refractivity contribution in [3.8, 4) is 0 Å². The van der Waals surface area contributed by atoms with Crippen molar-refractivity contribution in [3.05, 3.63) is 0 Å². The van der Waals surface area contributed by atoms with Gasteiger partial charge in [0.1, 0.15) is 6.61 Å². The van der Waals surface area contributed by atoms with Gasteiger partial charge in [-0.1, -0.05) is 399 Å². The predicted molar refractivity (Wildman–Crippen MR) is 358 cm³/mol. The van der Waals surface area contributed by atoms with Crippen LogP contribution in [0.5, 0.6) is 0 Å². The first-order valence-corrected chi connectivity index (χ1v) is 39.0. The Bertz CT molecular complexity index is 1320. The van der Waals surface area contributed by atoms with E-state index in [1.165, 1.54) is 360 Å². The first kappa shape index (κ1) is 82.0. The van der Waals surface area contributed by atoms with E-state index < -0.39 is 26.5 Å². The van der Waals surface area contributed by atoms with Crippen molar-refractivity contribution in [1.29, 1.82) is 0 Å². The molecule has 10 heteroatoms.